The molecule has 7 heteroatoms. The Labute approximate surface area is 113 Å². The third kappa shape index (κ3) is 3.28. The third-order valence-electron chi connectivity index (χ3n) is 1.98. The predicted molar refractivity (Wildman–Crippen MR) is 67.3 cm³/mol. The van der Waals surface area contributed by atoms with E-state index >= 15 is 0 Å². The van der Waals surface area contributed by atoms with Gasteiger partial charge in [-0.05, 0) is 35.8 Å². The summed E-state index contributed by atoms with van der Waals surface area (Å²) >= 11 is 2.81. The van der Waals surface area contributed by atoms with Gasteiger partial charge in [-0.25, -0.2) is 17.2 Å². The van der Waals surface area contributed by atoms with Gasteiger partial charge in [-0.2, -0.15) is 4.72 Å². The van der Waals surface area contributed by atoms with Crippen LogP contribution in [0.15, 0.2) is 21.5 Å². The van der Waals surface area contributed by atoms with Crippen LogP contribution in [0.5, 0.6) is 0 Å². The molecule has 0 atom stereocenters. The molecule has 0 amide bonds. The molecular formula is C11H10BrF2NO2S. The molecule has 0 heterocycles. The van der Waals surface area contributed by atoms with Crippen molar-refractivity contribution in [3.05, 3.63) is 28.2 Å². The average Bonchev–Trinajstić information content (AvgIpc) is 2.13. The molecule has 1 aromatic carbocycles. The summed E-state index contributed by atoms with van der Waals surface area (Å²) in [6, 6.07) is 1.35. The highest BCUT2D eigenvalue weighted by Crippen LogP contribution is 2.27. The van der Waals surface area contributed by atoms with E-state index in [0.717, 1.165) is 6.07 Å². The fourth-order valence-electron chi connectivity index (χ4n) is 1.20. The van der Waals surface area contributed by atoms with Crippen molar-refractivity contribution in [2.75, 3.05) is 0 Å². The molecule has 98 valence electrons. The normalized spacial score (nSPS) is 12.2. The van der Waals surface area contributed by atoms with Crippen LogP contribution < -0.4 is 4.72 Å². The minimum absolute atomic E-state index is 0.208. The van der Waals surface area contributed by atoms with Crippen LogP contribution in [-0.2, 0) is 10.0 Å². The quantitative estimate of drug-likeness (QED) is 0.861. The summed E-state index contributed by atoms with van der Waals surface area (Å²) in [7, 11) is -4.19. The Kier molecular flexibility index (Phi) is 4.15. The second-order valence-electron chi connectivity index (χ2n) is 4.07. The van der Waals surface area contributed by atoms with Crippen molar-refractivity contribution in [3.8, 4) is 12.3 Å². The van der Waals surface area contributed by atoms with Crippen LogP contribution in [0.1, 0.15) is 13.8 Å². The number of hydrogen-bond donors (Lipinski definition) is 1. The monoisotopic (exact) mass is 337 g/mol. The smallest absolute Gasteiger partial charge is 0.207 e. The summed E-state index contributed by atoms with van der Waals surface area (Å²) in [4.78, 5) is -0.674. The summed E-state index contributed by atoms with van der Waals surface area (Å²) in [5.74, 6) is 0.143. The molecule has 0 fully saturated rings. The van der Waals surface area contributed by atoms with Crippen LogP contribution in [-0.4, -0.2) is 14.0 Å². The van der Waals surface area contributed by atoms with E-state index in [1.807, 2.05) is 0 Å². The SMILES string of the molecule is C#CC(C)(C)NS(=O)(=O)c1c(F)cc(F)cc1Br. The Bertz CT molecular complexity index is 597. The Morgan fingerprint density at radius 3 is 2.39 bits per heavy atom. The molecule has 1 aromatic rings. The molecule has 0 aliphatic rings. The van der Waals surface area contributed by atoms with Crippen LogP contribution in [0.25, 0.3) is 0 Å². The number of nitrogens with one attached hydrogen (secondary N) is 1. The van der Waals surface area contributed by atoms with Gasteiger partial charge < -0.3 is 0 Å². The molecule has 1 N–H and O–H groups in total. The van der Waals surface area contributed by atoms with E-state index in [-0.39, 0.29) is 4.47 Å². The highest BCUT2D eigenvalue weighted by molar-refractivity contribution is 9.10. The van der Waals surface area contributed by atoms with Gasteiger partial charge in [-0.3, -0.25) is 0 Å². The Balaban J connectivity index is 3.36. The van der Waals surface area contributed by atoms with Crippen molar-refractivity contribution in [3.63, 3.8) is 0 Å². The highest BCUT2D eigenvalue weighted by atomic mass is 79.9. The molecule has 0 saturated heterocycles. The number of halogens is 3. The van der Waals surface area contributed by atoms with E-state index in [0.29, 0.717) is 6.07 Å². The lowest BCUT2D eigenvalue weighted by Gasteiger charge is -2.20. The first-order valence-corrected chi connectivity index (χ1v) is 7.03. The molecule has 0 unspecified atom stereocenters. The van der Waals surface area contributed by atoms with Gasteiger partial charge in [-0.15, -0.1) is 6.42 Å². The summed E-state index contributed by atoms with van der Waals surface area (Å²) in [5, 5.41) is 0. The van der Waals surface area contributed by atoms with Crippen molar-refractivity contribution >= 4 is 26.0 Å². The van der Waals surface area contributed by atoms with Crippen LogP contribution in [0.4, 0.5) is 8.78 Å². The van der Waals surface area contributed by atoms with Gasteiger partial charge in [0.1, 0.15) is 16.5 Å². The maximum atomic E-state index is 13.5. The maximum absolute atomic E-state index is 13.5. The number of hydrogen-bond acceptors (Lipinski definition) is 2. The lowest BCUT2D eigenvalue weighted by Crippen LogP contribution is -2.42. The zero-order chi connectivity index (χ0) is 14.1. The Morgan fingerprint density at radius 2 is 1.94 bits per heavy atom. The van der Waals surface area contributed by atoms with E-state index in [1.165, 1.54) is 13.8 Å². The summed E-state index contributed by atoms with van der Waals surface area (Å²) < 4.78 is 52.3. The average molecular weight is 338 g/mol. The molecule has 0 aliphatic heterocycles. The van der Waals surface area contributed by atoms with E-state index in [4.69, 9.17) is 6.42 Å². The molecular weight excluding hydrogens is 328 g/mol. The largest absolute Gasteiger partial charge is 0.245 e. The van der Waals surface area contributed by atoms with Crippen LogP contribution >= 0.6 is 15.9 Å². The summed E-state index contributed by atoms with van der Waals surface area (Å²) in [5.41, 5.74) is -1.18. The van der Waals surface area contributed by atoms with E-state index in [2.05, 4.69) is 26.6 Å². The topological polar surface area (TPSA) is 46.2 Å². The minimum atomic E-state index is -4.19. The van der Waals surface area contributed by atoms with Gasteiger partial charge in [0.25, 0.3) is 0 Å². The van der Waals surface area contributed by atoms with E-state index < -0.39 is 32.1 Å². The van der Waals surface area contributed by atoms with Crippen LogP contribution in [0, 0.1) is 24.0 Å². The van der Waals surface area contributed by atoms with Gasteiger partial charge in [-0.1, -0.05) is 5.92 Å². The van der Waals surface area contributed by atoms with E-state index in [1.54, 1.807) is 0 Å². The number of benzene rings is 1. The van der Waals surface area contributed by atoms with Gasteiger partial charge in [0.15, 0.2) is 0 Å². The molecule has 0 aromatic heterocycles. The van der Waals surface area contributed by atoms with Crippen molar-refractivity contribution in [2.24, 2.45) is 0 Å². The molecule has 0 saturated carbocycles. The first-order valence-electron chi connectivity index (χ1n) is 4.75. The number of rotatable bonds is 3. The molecule has 3 nitrogen and oxygen atoms in total. The van der Waals surface area contributed by atoms with Crippen LogP contribution in [0.2, 0.25) is 0 Å². The highest BCUT2D eigenvalue weighted by Gasteiger charge is 2.29. The number of sulfonamides is 1. The van der Waals surface area contributed by atoms with Crippen molar-refractivity contribution in [2.45, 2.75) is 24.3 Å². The Hall–Kier alpha value is -0.970. The molecule has 0 aliphatic carbocycles. The fraction of sp³-hybridized carbons (Fsp3) is 0.273. The van der Waals surface area contributed by atoms with Gasteiger partial charge in [0, 0.05) is 10.5 Å². The van der Waals surface area contributed by atoms with Gasteiger partial charge >= 0.3 is 0 Å². The van der Waals surface area contributed by atoms with Gasteiger partial charge in [0.2, 0.25) is 10.0 Å². The standard InChI is InChI=1S/C11H10BrF2NO2S/c1-4-11(2,3)15-18(16,17)10-8(12)5-7(13)6-9(10)14/h1,5-6,15H,2-3H3. The Morgan fingerprint density at radius 1 is 1.39 bits per heavy atom. The summed E-state index contributed by atoms with van der Waals surface area (Å²) in [6.07, 6.45) is 5.15. The number of terminal acetylenes is 1. The molecule has 0 bridgehead atoms. The van der Waals surface area contributed by atoms with Crippen molar-refractivity contribution < 1.29 is 17.2 Å². The van der Waals surface area contributed by atoms with Crippen molar-refractivity contribution in [1.29, 1.82) is 0 Å². The van der Waals surface area contributed by atoms with Crippen LogP contribution in [0.3, 0.4) is 0 Å². The zero-order valence-corrected chi connectivity index (χ0v) is 12.0. The maximum Gasteiger partial charge on any atom is 0.245 e. The third-order valence-corrected chi connectivity index (χ3v) is 4.60. The molecule has 0 spiro atoms. The lowest BCUT2D eigenvalue weighted by atomic mass is 10.1. The first kappa shape index (κ1) is 15.1. The second kappa shape index (κ2) is 4.96. The molecule has 18 heavy (non-hydrogen) atoms. The lowest BCUT2D eigenvalue weighted by molar-refractivity contribution is 0.520. The van der Waals surface area contributed by atoms with Crippen molar-refractivity contribution in [1.82, 2.24) is 4.72 Å². The molecule has 1 rings (SSSR count). The summed E-state index contributed by atoms with van der Waals surface area (Å²) in [6.45, 7) is 2.89. The van der Waals surface area contributed by atoms with Gasteiger partial charge in [0.05, 0.1) is 5.54 Å². The fourth-order valence-corrected chi connectivity index (χ4v) is 3.71. The zero-order valence-electron chi connectivity index (χ0n) is 9.59. The second-order valence-corrected chi connectivity index (χ2v) is 6.55. The first-order chi connectivity index (χ1) is 8.09. The van der Waals surface area contributed by atoms with E-state index in [9.17, 15) is 17.2 Å². The molecule has 0 radical (unpaired) electrons. The predicted octanol–water partition coefficient (Wildman–Crippen LogP) is 2.42. The minimum Gasteiger partial charge on any atom is -0.207 e.